The summed E-state index contributed by atoms with van der Waals surface area (Å²) in [6, 6.07) is 53.2. The van der Waals surface area contributed by atoms with Crippen LogP contribution in [0, 0.1) is 19.1 Å². The van der Waals surface area contributed by atoms with Gasteiger partial charge < -0.3 is 4.98 Å². The molecular weight excluding hydrogens is 853 g/mol. The molecule has 1 radical (unpaired) electrons. The molecule has 2 nitrogen and oxygen atoms in total. The third-order valence-corrected chi connectivity index (χ3v) is 14.0. The number of benzene rings is 5. The molecule has 3 heterocycles. The van der Waals surface area contributed by atoms with E-state index in [0.717, 1.165) is 22.5 Å². The van der Waals surface area contributed by atoms with Gasteiger partial charge in [0.05, 0.1) is 0 Å². The predicted molar refractivity (Wildman–Crippen MR) is 208 cm³/mol. The van der Waals surface area contributed by atoms with Crippen LogP contribution >= 0.6 is 11.3 Å². The van der Waals surface area contributed by atoms with Crippen molar-refractivity contribution in [2.75, 3.05) is 0 Å². The van der Waals surface area contributed by atoms with Crippen LogP contribution in [-0.2, 0) is 20.1 Å². The number of hydrogen-bond acceptors (Lipinski definition) is 3. The van der Waals surface area contributed by atoms with Crippen LogP contribution in [0.2, 0.25) is 17.3 Å². The zero-order chi connectivity index (χ0) is 33.1. The van der Waals surface area contributed by atoms with Crippen molar-refractivity contribution in [2.24, 2.45) is 0 Å². The number of hydrogen-bond donors (Lipinski definition) is 0. The Morgan fingerprint density at radius 3 is 1.94 bits per heavy atom. The van der Waals surface area contributed by atoms with Gasteiger partial charge in [-0.3, -0.25) is 0 Å². The molecule has 0 aliphatic carbocycles. The predicted octanol–water partition coefficient (Wildman–Crippen LogP) is 11.7. The summed E-state index contributed by atoms with van der Waals surface area (Å²) < 4.78 is 4.01. The second-order valence-corrected chi connectivity index (χ2v) is 24.7. The van der Waals surface area contributed by atoms with Crippen molar-refractivity contribution < 1.29 is 20.1 Å². The van der Waals surface area contributed by atoms with Crippen molar-refractivity contribution in [1.82, 2.24) is 9.97 Å². The van der Waals surface area contributed by atoms with Crippen LogP contribution in [0.25, 0.3) is 64.9 Å². The van der Waals surface area contributed by atoms with Gasteiger partial charge in [0.15, 0.2) is 0 Å². The molecular formula is C44H36GeIrN2S-2. The van der Waals surface area contributed by atoms with Gasteiger partial charge in [0.25, 0.3) is 0 Å². The van der Waals surface area contributed by atoms with Crippen molar-refractivity contribution in [2.45, 2.75) is 24.2 Å². The standard InChI is InChI=1S/C30H20NS.C14H16GeN.Ir/c1-20-16-28(31-19-27(20)22-10-6-3-7-11-22)24-12-14-25-26-17-23(21-8-4-2-5-9-21)13-15-29(26)32-30(25)18-24;1-15(2,3)13-9-10-14(16-11-13)12-7-5-4-6-8-12;/h2-11,13-19H,1H3;4-7,9-11H,1-3H3;/q2*-1;. The van der Waals surface area contributed by atoms with E-state index >= 15 is 0 Å². The molecule has 8 rings (SSSR count). The van der Waals surface area contributed by atoms with Crippen LogP contribution in [0.1, 0.15) is 5.56 Å². The van der Waals surface area contributed by atoms with Crippen LogP contribution in [0.4, 0.5) is 0 Å². The van der Waals surface area contributed by atoms with Gasteiger partial charge in [0.1, 0.15) is 0 Å². The largest absolute Gasteiger partial charge is 0 e. The smallest absolute Gasteiger partial charge is 0 e. The summed E-state index contributed by atoms with van der Waals surface area (Å²) in [4.78, 5) is 9.31. The van der Waals surface area contributed by atoms with E-state index in [1.54, 1.807) is 0 Å². The summed E-state index contributed by atoms with van der Waals surface area (Å²) in [6.45, 7) is 2.15. The molecule has 0 saturated heterocycles. The van der Waals surface area contributed by atoms with Crippen LogP contribution < -0.4 is 4.40 Å². The second kappa shape index (κ2) is 15.1. The maximum Gasteiger partial charge on any atom is 0 e. The zero-order valence-electron chi connectivity index (χ0n) is 28.0. The minimum atomic E-state index is -1.72. The molecule has 0 atom stereocenters. The first-order chi connectivity index (χ1) is 23.3. The molecule has 49 heavy (non-hydrogen) atoms. The van der Waals surface area contributed by atoms with Crippen molar-refractivity contribution >= 4 is 49.2 Å². The van der Waals surface area contributed by atoms with Crippen LogP contribution in [0.3, 0.4) is 0 Å². The minimum Gasteiger partial charge on any atom is 0 e. The Hall–Kier alpha value is -4.19. The fraction of sp³-hybridized carbons (Fsp3) is 0.0909. The maximum atomic E-state index is 4.77. The third-order valence-electron chi connectivity index (χ3n) is 8.60. The molecule has 0 N–H and O–H groups in total. The Morgan fingerprint density at radius 2 is 1.29 bits per heavy atom. The van der Waals surface area contributed by atoms with E-state index in [1.807, 2.05) is 54.1 Å². The maximum absolute atomic E-state index is 4.77. The van der Waals surface area contributed by atoms with Gasteiger partial charge in [0.2, 0.25) is 0 Å². The Morgan fingerprint density at radius 1 is 0.571 bits per heavy atom. The molecule has 0 aliphatic rings. The number of fused-ring (bicyclic) bond motifs is 3. The number of thiophene rings is 1. The van der Waals surface area contributed by atoms with Crippen molar-refractivity contribution in [1.29, 1.82) is 0 Å². The SMILES string of the molecule is Cc1cc(-c2[c-]cc3c(c2)sc2ccc(-c4ccccc4)cc23)ncc1-c1ccccc1.[CH3][Ge]([CH3])([CH3])[c]1ccc(-c2[c-]cccc2)nc1.[Ir]. The summed E-state index contributed by atoms with van der Waals surface area (Å²) in [5, 5.41) is 2.54. The van der Waals surface area contributed by atoms with Gasteiger partial charge >= 0.3 is 99.8 Å². The number of rotatable bonds is 5. The number of pyridine rings is 2. The van der Waals surface area contributed by atoms with E-state index in [9.17, 15) is 0 Å². The molecule has 0 fully saturated rings. The van der Waals surface area contributed by atoms with E-state index in [4.69, 9.17) is 4.98 Å². The van der Waals surface area contributed by atoms with Gasteiger partial charge in [-0.25, -0.2) is 0 Å². The van der Waals surface area contributed by atoms with E-state index in [1.165, 1.54) is 52.4 Å². The molecule has 0 unspecified atom stereocenters. The van der Waals surface area contributed by atoms with Gasteiger partial charge in [-0.15, -0.1) is 23.8 Å². The summed E-state index contributed by atoms with van der Waals surface area (Å²) in [5.74, 6) is 7.14. The summed E-state index contributed by atoms with van der Waals surface area (Å²) in [6.07, 6.45) is 4.02. The summed E-state index contributed by atoms with van der Waals surface area (Å²) >= 11 is 0.115. The Balaban J connectivity index is 0.000000208. The van der Waals surface area contributed by atoms with Gasteiger partial charge in [-0.1, -0.05) is 84.2 Å². The second-order valence-electron chi connectivity index (χ2n) is 13.0. The van der Waals surface area contributed by atoms with E-state index in [2.05, 4.69) is 144 Å². The first-order valence-corrected chi connectivity index (χ1v) is 24.4. The third kappa shape index (κ3) is 7.84. The van der Waals surface area contributed by atoms with Crippen LogP contribution in [0.5, 0.6) is 0 Å². The molecule has 5 heteroatoms. The molecule has 0 saturated carbocycles. The molecule has 0 aliphatic heterocycles. The molecule has 0 amide bonds. The van der Waals surface area contributed by atoms with E-state index in [0.29, 0.717) is 0 Å². The van der Waals surface area contributed by atoms with Crippen molar-refractivity contribution in [3.8, 4) is 44.8 Å². The van der Waals surface area contributed by atoms with Crippen molar-refractivity contribution in [3.63, 3.8) is 0 Å². The molecule has 0 bridgehead atoms. The number of aryl methyl sites for hydroxylation is 1. The Labute approximate surface area is 309 Å². The normalized spacial score (nSPS) is 11.1. The topological polar surface area (TPSA) is 25.8 Å². The molecule has 0 spiro atoms. The van der Waals surface area contributed by atoms with Crippen LogP contribution in [0.15, 0.2) is 146 Å². The summed E-state index contributed by atoms with van der Waals surface area (Å²) in [7, 11) is 0. The quantitative estimate of drug-likeness (QED) is 0.127. The zero-order valence-corrected chi connectivity index (χ0v) is 33.3. The summed E-state index contributed by atoms with van der Waals surface area (Å²) in [5.41, 5.74) is 10.2. The fourth-order valence-corrected chi connectivity index (χ4v) is 9.12. The molecule has 3 aromatic heterocycles. The average molecular weight is 890 g/mol. The van der Waals surface area contributed by atoms with Gasteiger partial charge in [-0.2, -0.15) is 11.3 Å². The number of nitrogens with zero attached hydrogens (tertiary/aromatic N) is 2. The van der Waals surface area contributed by atoms with Crippen LogP contribution in [-0.4, -0.2) is 23.2 Å². The average Bonchev–Trinajstić information content (AvgIpc) is 3.50. The molecule has 8 aromatic rings. The monoisotopic (exact) mass is 891 g/mol. The first kappa shape index (κ1) is 34.7. The molecule has 5 aromatic carbocycles. The van der Waals surface area contributed by atoms with Gasteiger partial charge in [-0.05, 0) is 51.0 Å². The van der Waals surface area contributed by atoms with Crippen molar-refractivity contribution in [3.05, 3.63) is 164 Å². The first-order valence-electron chi connectivity index (χ1n) is 16.2. The Bertz CT molecular complexity index is 2310. The Kier molecular flexibility index (Phi) is 10.7. The van der Waals surface area contributed by atoms with Gasteiger partial charge in [0, 0.05) is 36.6 Å². The minimum absolute atomic E-state index is 0. The van der Waals surface area contributed by atoms with E-state index < -0.39 is 13.3 Å². The molecule has 243 valence electrons. The number of aromatic nitrogens is 2. The fourth-order valence-electron chi connectivity index (χ4n) is 5.85. The van der Waals surface area contributed by atoms with E-state index in [-0.39, 0.29) is 20.1 Å².